The van der Waals surface area contributed by atoms with Crippen molar-refractivity contribution in [1.29, 1.82) is 0 Å². The SMILES string of the molecule is CC(C)Nc1ccc([C@H](C)Nc2ccc([C@@H]3O[C@@H]4C[C@H]5[C@@H]6CCC7=CC(=O)C=C[C@]7(C)[C@@]6(F)[C@@H](O)C[C@]5(C)[C@]4(C(=O)CO)O3)cn2)cc1. The number of ketones is 2. The number of aromatic nitrogens is 1. The number of carbonyl (C=O) groups is 2. The minimum Gasteiger partial charge on any atom is -0.390 e. The van der Waals surface area contributed by atoms with Crippen LogP contribution in [-0.2, 0) is 19.1 Å². The van der Waals surface area contributed by atoms with Gasteiger partial charge in [0.05, 0.1) is 12.2 Å². The molecule has 1 aromatic carbocycles. The Hall–Kier alpha value is -3.44. The molecule has 0 radical (unpaired) electrons. The number of aliphatic hydroxyl groups is 2. The zero-order chi connectivity index (χ0) is 34.2. The number of ether oxygens (including phenoxy) is 2. The lowest BCUT2D eigenvalue weighted by molar-refractivity contribution is -0.231. The van der Waals surface area contributed by atoms with Crippen LogP contribution in [0, 0.1) is 22.7 Å². The van der Waals surface area contributed by atoms with Gasteiger partial charge in [-0.2, -0.15) is 0 Å². The van der Waals surface area contributed by atoms with Crippen LogP contribution in [0.4, 0.5) is 15.9 Å². The Labute approximate surface area is 281 Å². The first-order chi connectivity index (χ1) is 22.8. The van der Waals surface area contributed by atoms with Gasteiger partial charge in [-0.1, -0.05) is 30.7 Å². The topological polar surface area (TPSA) is 130 Å². The van der Waals surface area contributed by atoms with Gasteiger partial charge in [0.2, 0.25) is 0 Å². The lowest BCUT2D eigenvalue weighted by Gasteiger charge is -2.62. The molecule has 4 fully saturated rings. The highest BCUT2D eigenvalue weighted by Gasteiger charge is 2.79. The van der Waals surface area contributed by atoms with Gasteiger partial charge in [0.25, 0.3) is 0 Å². The second-order valence-corrected chi connectivity index (χ2v) is 15.2. The smallest absolute Gasteiger partial charge is 0.193 e. The van der Waals surface area contributed by atoms with Crippen molar-refractivity contribution in [2.45, 2.75) is 102 Å². The first kappa shape index (κ1) is 33.1. The molecule has 1 aromatic heterocycles. The van der Waals surface area contributed by atoms with Gasteiger partial charge in [0.1, 0.15) is 12.4 Å². The maximum Gasteiger partial charge on any atom is 0.193 e. The van der Waals surface area contributed by atoms with Gasteiger partial charge in [-0.25, -0.2) is 9.37 Å². The number of anilines is 2. The van der Waals surface area contributed by atoms with Crippen LogP contribution >= 0.6 is 0 Å². The zero-order valence-electron chi connectivity index (χ0n) is 28.2. The van der Waals surface area contributed by atoms with Crippen LogP contribution in [0.5, 0.6) is 0 Å². The highest BCUT2D eigenvalue weighted by atomic mass is 19.1. The Morgan fingerprint density at radius 3 is 2.52 bits per heavy atom. The van der Waals surface area contributed by atoms with Crippen LogP contribution in [0.1, 0.15) is 83.8 Å². The van der Waals surface area contributed by atoms with Crippen molar-refractivity contribution in [3.63, 3.8) is 0 Å². The van der Waals surface area contributed by atoms with E-state index in [9.17, 15) is 19.8 Å². The summed E-state index contributed by atoms with van der Waals surface area (Å²) in [4.78, 5) is 30.6. The van der Waals surface area contributed by atoms with Crippen LogP contribution < -0.4 is 10.6 Å². The van der Waals surface area contributed by atoms with Crippen LogP contribution in [0.25, 0.3) is 0 Å². The normalized spacial score (nSPS) is 38.8. The number of hydrogen-bond donors (Lipinski definition) is 4. The monoisotopic (exact) mass is 659 g/mol. The van der Waals surface area contributed by atoms with Crippen molar-refractivity contribution in [3.8, 4) is 0 Å². The summed E-state index contributed by atoms with van der Waals surface area (Å²) in [6.07, 6.45) is 4.29. The molecule has 5 aliphatic rings. The van der Waals surface area contributed by atoms with Crippen LogP contribution in [0.3, 0.4) is 0 Å². The van der Waals surface area contributed by atoms with Gasteiger partial charge >= 0.3 is 0 Å². The van der Waals surface area contributed by atoms with E-state index in [1.165, 1.54) is 12.2 Å². The van der Waals surface area contributed by atoms with Crippen molar-refractivity contribution in [1.82, 2.24) is 4.98 Å². The molecule has 2 heterocycles. The van der Waals surface area contributed by atoms with E-state index in [2.05, 4.69) is 60.7 Å². The lowest BCUT2D eigenvalue weighted by atomic mass is 9.44. The van der Waals surface area contributed by atoms with Crippen molar-refractivity contribution in [2.75, 3.05) is 17.2 Å². The summed E-state index contributed by atoms with van der Waals surface area (Å²) in [6.45, 7) is 9.14. The highest BCUT2D eigenvalue weighted by Crippen LogP contribution is 2.72. The van der Waals surface area contributed by atoms with Gasteiger partial charge in [-0.15, -0.1) is 0 Å². The Morgan fingerprint density at radius 2 is 1.85 bits per heavy atom. The molecule has 10 heteroatoms. The molecule has 9 nitrogen and oxygen atoms in total. The predicted octanol–water partition coefficient (Wildman–Crippen LogP) is 5.77. The molecule has 4 aliphatic carbocycles. The molecule has 0 bridgehead atoms. The number of aliphatic hydroxyl groups excluding tert-OH is 2. The van der Waals surface area contributed by atoms with E-state index in [0.717, 1.165) is 11.3 Å². The molecule has 1 saturated heterocycles. The molecule has 3 saturated carbocycles. The number of carbonyl (C=O) groups excluding carboxylic acids is 2. The van der Waals surface area contributed by atoms with E-state index in [0.29, 0.717) is 42.3 Å². The summed E-state index contributed by atoms with van der Waals surface area (Å²) in [5, 5.41) is 28.8. The Kier molecular flexibility index (Phi) is 7.98. The molecule has 48 heavy (non-hydrogen) atoms. The van der Waals surface area contributed by atoms with E-state index < -0.39 is 58.9 Å². The maximum atomic E-state index is 17.6. The van der Waals surface area contributed by atoms with Crippen LogP contribution in [0.2, 0.25) is 0 Å². The number of Topliss-reactive ketones (excluding diaryl/α,β-unsaturated/α-hetero) is 1. The number of fused-ring (bicyclic) bond motifs is 7. The first-order valence-electron chi connectivity index (χ1n) is 17.1. The molecule has 1 aliphatic heterocycles. The largest absolute Gasteiger partial charge is 0.390 e. The van der Waals surface area contributed by atoms with Gasteiger partial charge in [0, 0.05) is 46.3 Å². The second kappa shape index (κ2) is 11.6. The van der Waals surface area contributed by atoms with Gasteiger partial charge < -0.3 is 30.3 Å². The maximum absolute atomic E-state index is 17.6. The number of nitrogens with zero attached hydrogens (tertiary/aromatic N) is 1. The number of halogens is 1. The highest BCUT2D eigenvalue weighted by molar-refractivity contribution is 6.01. The third-order valence-electron chi connectivity index (χ3n) is 12.2. The predicted molar refractivity (Wildman–Crippen MR) is 179 cm³/mol. The molecular formula is C38H46FN3O6. The summed E-state index contributed by atoms with van der Waals surface area (Å²) in [6, 6.07) is 12.3. The van der Waals surface area contributed by atoms with E-state index in [1.807, 2.05) is 19.1 Å². The molecule has 256 valence electrons. The second-order valence-electron chi connectivity index (χ2n) is 15.2. The van der Waals surface area contributed by atoms with Crippen molar-refractivity contribution in [3.05, 3.63) is 77.5 Å². The fourth-order valence-corrected chi connectivity index (χ4v) is 9.86. The first-order valence-corrected chi connectivity index (χ1v) is 17.1. The number of hydrogen-bond acceptors (Lipinski definition) is 9. The number of nitrogens with one attached hydrogen (secondary N) is 2. The van der Waals surface area contributed by atoms with E-state index in [4.69, 9.17) is 9.47 Å². The Balaban J connectivity index is 1.12. The average Bonchev–Trinajstić information content (AvgIpc) is 3.55. The van der Waals surface area contributed by atoms with E-state index >= 15 is 4.39 Å². The fourth-order valence-electron chi connectivity index (χ4n) is 9.86. The van der Waals surface area contributed by atoms with Gasteiger partial charge in [-0.05, 0) is 101 Å². The number of allylic oxidation sites excluding steroid dienone is 4. The number of benzene rings is 1. The Morgan fingerprint density at radius 1 is 1.10 bits per heavy atom. The third-order valence-corrected chi connectivity index (χ3v) is 12.2. The zero-order valence-corrected chi connectivity index (χ0v) is 28.2. The van der Waals surface area contributed by atoms with Gasteiger partial charge in [-0.3, -0.25) is 9.59 Å². The van der Waals surface area contributed by atoms with Crippen LogP contribution in [0.15, 0.2) is 66.4 Å². The molecule has 0 amide bonds. The molecular weight excluding hydrogens is 613 g/mol. The molecule has 4 N–H and O–H groups in total. The summed E-state index contributed by atoms with van der Waals surface area (Å²) < 4.78 is 30.7. The third kappa shape index (κ3) is 4.66. The van der Waals surface area contributed by atoms with Gasteiger partial charge in [0.15, 0.2) is 29.1 Å². The summed E-state index contributed by atoms with van der Waals surface area (Å²) in [5.41, 5.74) is -2.29. The summed E-state index contributed by atoms with van der Waals surface area (Å²) in [5.74, 6) is -1.01. The van der Waals surface area contributed by atoms with E-state index in [1.54, 1.807) is 19.2 Å². The van der Waals surface area contributed by atoms with Crippen molar-refractivity contribution in [2.24, 2.45) is 22.7 Å². The summed E-state index contributed by atoms with van der Waals surface area (Å²) >= 11 is 0. The number of rotatable bonds is 8. The standard InChI is InChI=1S/C38H46FN3O6/c1-21(2)41-26-10-6-23(7-11-26)22(3)42-33-13-8-24(19-40-33)34-47-32-17-29-28-12-9-25-16-27(44)14-15-35(25,4)37(28,39)30(45)18-36(29,5)38(32,48-34)31(46)20-43/h6-8,10-11,13-16,19,21-22,28-30,32,34,41,43,45H,9,12,17-18,20H2,1-5H3,(H,40,42)/t22-,28-,29-,30-,32+,34+,35-,36-,37-,38+/m0/s1. The number of alkyl halides is 1. The minimum atomic E-state index is -2.04. The number of pyridine rings is 1. The van der Waals surface area contributed by atoms with Crippen molar-refractivity contribution < 1.29 is 33.7 Å². The summed E-state index contributed by atoms with van der Waals surface area (Å²) in [7, 11) is 0. The fraction of sp³-hybridized carbons (Fsp3) is 0.553. The molecule has 0 spiro atoms. The van der Waals surface area contributed by atoms with E-state index in [-0.39, 0.29) is 24.2 Å². The molecule has 0 unspecified atom stereocenters. The van der Waals surface area contributed by atoms with Crippen molar-refractivity contribution >= 4 is 23.1 Å². The molecule has 2 aromatic rings. The minimum absolute atomic E-state index is 0.00401. The molecule has 7 rings (SSSR count). The molecule has 10 atom stereocenters. The van der Waals surface area contributed by atoms with Crippen LogP contribution in [-0.4, -0.2) is 62.9 Å². The Bertz CT molecular complexity index is 1660. The average molecular weight is 660 g/mol. The lowest BCUT2D eigenvalue weighted by Crippen LogP contribution is -2.69. The quantitative estimate of drug-likeness (QED) is 0.279.